The highest BCUT2D eigenvalue weighted by molar-refractivity contribution is 6.31. The molecule has 1 aromatic rings. The van der Waals surface area contributed by atoms with Crippen LogP contribution in [0.15, 0.2) is 18.2 Å². The van der Waals surface area contributed by atoms with Crippen molar-refractivity contribution in [3.8, 4) is 0 Å². The van der Waals surface area contributed by atoms with Gasteiger partial charge < -0.3 is 5.73 Å². The second kappa shape index (κ2) is 4.45. The van der Waals surface area contributed by atoms with Gasteiger partial charge in [0.1, 0.15) is 5.82 Å². The van der Waals surface area contributed by atoms with Crippen LogP contribution in [0.3, 0.4) is 0 Å². The summed E-state index contributed by atoms with van der Waals surface area (Å²) in [7, 11) is 0. The third-order valence-corrected chi connectivity index (χ3v) is 6.57. The lowest BCUT2D eigenvalue weighted by atomic mass is 9.69. The first kappa shape index (κ1) is 13.1. The molecule has 5 unspecified atom stereocenters. The summed E-state index contributed by atoms with van der Waals surface area (Å²) in [5.41, 5.74) is 7.69. The molecule has 0 radical (unpaired) electrons. The fraction of sp³-hybridized carbons (Fsp3) is 0.647. The minimum atomic E-state index is -0.270. The van der Waals surface area contributed by atoms with Crippen molar-refractivity contribution in [1.29, 1.82) is 0 Å². The lowest BCUT2D eigenvalue weighted by Crippen LogP contribution is -2.51. The number of rotatable bonds is 2. The lowest BCUT2D eigenvalue weighted by Gasteiger charge is -2.40. The average molecular weight is 294 g/mol. The Kier molecular flexibility index (Phi) is 2.91. The molecule has 2 bridgehead atoms. The molecule has 3 aliphatic rings. The Balaban J connectivity index is 1.60. The Bertz CT molecular complexity index is 546. The van der Waals surface area contributed by atoms with E-state index in [-0.39, 0.29) is 11.4 Å². The summed E-state index contributed by atoms with van der Waals surface area (Å²) in [5, 5.41) is 0.528. The van der Waals surface area contributed by atoms with Crippen LogP contribution < -0.4 is 5.73 Å². The van der Waals surface area contributed by atoms with Crippen molar-refractivity contribution < 1.29 is 4.39 Å². The summed E-state index contributed by atoms with van der Waals surface area (Å²) in [6.45, 7) is 0. The van der Waals surface area contributed by atoms with Crippen LogP contribution in [0, 0.1) is 29.5 Å². The lowest BCUT2D eigenvalue weighted by molar-refractivity contribution is 0.156. The van der Waals surface area contributed by atoms with Crippen LogP contribution in [0.5, 0.6) is 0 Å². The van der Waals surface area contributed by atoms with Gasteiger partial charge in [0.15, 0.2) is 0 Å². The molecule has 0 amide bonds. The van der Waals surface area contributed by atoms with E-state index in [1.807, 2.05) is 6.07 Å². The van der Waals surface area contributed by atoms with Crippen molar-refractivity contribution in [3.05, 3.63) is 34.6 Å². The van der Waals surface area contributed by atoms with Crippen LogP contribution in [0.2, 0.25) is 5.02 Å². The van der Waals surface area contributed by atoms with Crippen molar-refractivity contribution in [2.24, 2.45) is 29.4 Å². The molecule has 4 rings (SSSR count). The van der Waals surface area contributed by atoms with Crippen molar-refractivity contribution >= 4 is 11.6 Å². The van der Waals surface area contributed by atoms with Crippen LogP contribution >= 0.6 is 11.6 Å². The first-order valence-corrected chi connectivity index (χ1v) is 8.17. The highest BCUT2D eigenvalue weighted by Crippen LogP contribution is 2.62. The first-order chi connectivity index (χ1) is 9.57. The Morgan fingerprint density at radius 1 is 1.30 bits per heavy atom. The van der Waals surface area contributed by atoms with E-state index in [0.29, 0.717) is 10.9 Å². The van der Waals surface area contributed by atoms with Crippen LogP contribution in [0.4, 0.5) is 4.39 Å². The SMILES string of the molecule is NC1(Cc2ccc(F)cc2Cl)CC2CC1C1CCCC21. The van der Waals surface area contributed by atoms with Gasteiger partial charge in [0.05, 0.1) is 0 Å². The maximum absolute atomic E-state index is 13.2. The van der Waals surface area contributed by atoms with Gasteiger partial charge in [-0.15, -0.1) is 0 Å². The molecule has 0 aromatic heterocycles. The highest BCUT2D eigenvalue weighted by Gasteiger charge is 2.59. The van der Waals surface area contributed by atoms with Gasteiger partial charge in [-0.2, -0.15) is 0 Å². The largest absolute Gasteiger partial charge is 0.325 e. The average Bonchev–Trinajstić information content (AvgIpc) is 3.03. The van der Waals surface area contributed by atoms with Crippen molar-refractivity contribution in [2.75, 3.05) is 0 Å². The molecular weight excluding hydrogens is 273 g/mol. The Labute approximate surface area is 124 Å². The normalized spacial score (nSPS) is 42.1. The molecule has 3 saturated carbocycles. The number of halogens is 2. The minimum Gasteiger partial charge on any atom is -0.325 e. The molecule has 1 nitrogen and oxygen atoms in total. The third-order valence-electron chi connectivity index (χ3n) is 6.22. The Morgan fingerprint density at radius 2 is 2.10 bits per heavy atom. The van der Waals surface area contributed by atoms with E-state index >= 15 is 0 Å². The molecular formula is C17H21ClFN. The van der Waals surface area contributed by atoms with E-state index in [9.17, 15) is 4.39 Å². The summed E-state index contributed by atoms with van der Waals surface area (Å²) in [6.07, 6.45) is 7.41. The van der Waals surface area contributed by atoms with Crippen LogP contribution in [-0.4, -0.2) is 5.54 Å². The highest BCUT2D eigenvalue weighted by atomic mass is 35.5. The van der Waals surface area contributed by atoms with E-state index in [1.165, 1.54) is 37.8 Å². The zero-order valence-electron chi connectivity index (χ0n) is 11.6. The fourth-order valence-electron chi connectivity index (χ4n) is 5.54. The molecule has 5 atom stereocenters. The number of hydrogen-bond acceptors (Lipinski definition) is 1. The number of hydrogen-bond donors (Lipinski definition) is 1. The minimum absolute atomic E-state index is 0.113. The van der Waals surface area contributed by atoms with Gasteiger partial charge in [-0.3, -0.25) is 0 Å². The summed E-state index contributed by atoms with van der Waals surface area (Å²) < 4.78 is 13.2. The van der Waals surface area contributed by atoms with Gasteiger partial charge in [0.2, 0.25) is 0 Å². The second-order valence-electron chi connectivity index (χ2n) is 7.21. The molecule has 0 saturated heterocycles. The topological polar surface area (TPSA) is 26.0 Å². The summed E-state index contributed by atoms with van der Waals surface area (Å²) in [6, 6.07) is 4.71. The van der Waals surface area contributed by atoms with Gasteiger partial charge >= 0.3 is 0 Å². The Morgan fingerprint density at radius 3 is 2.90 bits per heavy atom. The van der Waals surface area contributed by atoms with Crippen LogP contribution in [0.25, 0.3) is 0 Å². The number of fused-ring (bicyclic) bond motifs is 5. The molecule has 20 heavy (non-hydrogen) atoms. The van der Waals surface area contributed by atoms with Crippen molar-refractivity contribution in [1.82, 2.24) is 0 Å². The maximum Gasteiger partial charge on any atom is 0.124 e. The van der Waals surface area contributed by atoms with E-state index in [0.717, 1.165) is 36.2 Å². The zero-order valence-corrected chi connectivity index (χ0v) is 12.4. The van der Waals surface area contributed by atoms with Gasteiger partial charge in [0.25, 0.3) is 0 Å². The molecule has 3 aliphatic carbocycles. The molecule has 0 spiro atoms. The number of benzene rings is 1. The van der Waals surface area contributed by atoms with Crippen molar-refractivity contribution in [3.63, 3.8) is 0 Å². The summed E-state index contributed by atoms with van der Waals surface area (Å²) in [4.78, 5) is 0. The molecule has 0 aliphatic heterocycles. The van der Waals surface area contributed by atoms with Crippen molar-refractivity contribution in [2.45, 2.75) is 44.1 Å². The smallest absolute Gasteiger partial charge is 0.124 e. The fourth-order valence-corrected chi connectivity index (χ4v) is 5.77. The van der Waals surface area contributed by atoms with Crippen LogP contribution in [-0.2, 0) is 6.42 Å². The monoisotopic (exact) mass is 293 g/mol. The van der Waals surface area contributed by atoms with E-state index in [4.69, 9.17) is 17.3 Å². The summed E-state index contributed by atoms with van der Waals surface area (Å²) >= 11 is 6.19. The third kappa shape index (κ3) is 1.84. The predicted molar refractivity (Wildman–Crippen MR) is 79.1 cm³/mol. The van der Waals surface area contributed by atoms with Gasteiger partial charge in [-0.05, 0) is 73.5 Å². The van der Waals surface area contributed by atoms with Gasteiger partial charge in [-0.25, -0.2) is 4.39 Å². The Hall–Kier alpha value is -0.600. The molecule has 1 aromatic carbocycles. The molecule has 3 heteroatoms. The van der Waals surface area contributed by atoms with E-state index in [2.05, 4.69) is 0 Å². The first-order valence-electron chi connectivity index (χ1n) is 7.80. The van der Waals surface area contributed by atoms with Gasteiger partial charge in [0, 0.05) is 10.6 Å². The van der Waals surface area contributed by atoms with Crippen LogP contribution in [0.1, 0.15) is 37.7 Å². The quantitative estimate of drug-likeness (QED) is 0.870. The maximum atomic E-state index is 13.2. The number of nitrogens with two attached hydrogens (primary N) is 1. The molecule has 2 N–H and O–H groups in total. The van der Waals surface area contributed by atoms with Gasteiger partial charge in [-0.1, -0.05) is 24.1 Å². The second-order valence-corrected chi connectivity index (χ2v) is 7.62. The van der Waals surface area contributed by atoms with E-state index in [1.54, 1.807) is 0 Å². The summed E-state index contributed by atoms with van der Waals surface area (Å²) in [5.74, 6) is 3.00. The van der Waals surface area contributed by atoms with E-state index < -0.39 is 0 Å². The molecule has 108 valence electrons. The zero-order chi connectivity index (χ0) is 13.9. The molecule has 3 fully saturated rings. The molecule has 0 heterocycles. The predicted octanol–water partition coefficient (Wildman–Crippen LogP) is 4.18. The standard InChI is InChI=1S/C17H21ClFN/c18-16-7-12(19)5-4-10(16)8-17(20)9-11-6-15(17)14-3-1-2-13(11)14/h4-5,7,11,13-15H,1-3,6,8-9,20H2.